The zero-order valence-electron chi connectivity index (χ0n) is 14.1. The second-order valence-corrected chi connectivity index (χ2v) is 6.71. The molecule has 0 rings (SSSR count). The van der Waals surface area contributed by atoms with E-state index in [4.69, 9.17) is 18.0 Å². The molecule has 0 heterocycles. The van der Waals surface area contributed by atoms with E-state index in [1.807, 2.05) is 33.8 Å². The zero-order chi connectivity index (χ0) is 15.7. The molecular formula is C15H34O4Si. The molecule has 0 N–H and O–H groups in total. The van der Waals surface area contributed by atoms with Gasteiger partial charge in [-0.1, -0.05) is 13.0 Å². The SMILES string of the molecule is C=CCC.CCOCCC[Si](OCC)(OCC)OCC. The summed E-state index contributed by atoms with van der Waals surface area (Å²) in [5.74, 6) is 0. The third kappa shape index (κ3) is 12.8. The summed E-state index contributed by atoms with van der Waals surface area (Å²) in [6.07, 6.45) is 3.89. The summed E-state index contributed by atoms with van der Waals surface area (Å²) in [6, 6.07) is 0.836. The van der Waals surface area contributed by atoms with Crippen molar-refractivity contribution in [3.63, 3.8) is 0 Å². The molecule has 0 fully saturated rings. The Hall–Kier alpha value is -0.203. The minimum atomic E-state index is -2.43. The maximum atomic E-state index is 5.73. The average molecular weight is 307 g/mol. The van der Waals surface area contributed by atoms with Crippen molar-refractivity contribution in [1.29, 1.82) is 0 Å². The van der Waals surface area contributed by atoms with Gasteiger partial charge in [-0.3, -0.25) is 0 Å². The average Bonchev–Trinajstić information content (AvgIpc) is 2.45. The van der Waals surface area contributed by atoms with Crippen LogP contribution in [-0.2, 0) is 18.0 Å². The van der Waals surface area contributed by atoms with E-state index in [9.17, 15) is 0 Å². The van der Waals surface area contributed by atoms with E-state index in [0.717, 1.165) is 32.1 Å². The van der Waals surface area contributed by atoms with Crippen molar-refractivity contribution in [3.8, 4) is 0 Å². The lowest BCUT2D eigenvalue weighted by Crippen LogP contribution is -2.46. The molecular weight excluding hydrogens is 272 g/mol. The number of hydrogen-bond donors (Lipinski definition) is 0. The van der Waals surface area contributed by atoms with Crippen molar-refractivity contribution in [2.45, 2.75) is 53.5 Å². The Bertz CT molecular complexity index is 183. The predicted octanol–water partition coefficient (Wildman–Crippen LogP) is 4.04. The van der Waals surface area contributed by atoms with Crippen LogP contribution in [0.1, 0.15) is 47.5 Å². The van der Waals surface area contributed by atoms with Crippen LogP contribution >= 0.6 is 0 Å². The Labute approximate surface area is 126 Å². The number of ether oxygens (including phenoxy) is 1. The first-order chi connectivity index (χ1) is 9.66. The van der Waals surface area contributed by atoms with Gasteiger partial charge in [0.15, 0.2) is 0 Å². The number of rotatable bonds is 12. The highest BCUT2D eigenvalue weighted by atomic mass is 28.4. The van der Waals surface area contributed by atoms with Crippen LogP contribution in [-0.4, -0.2) is 41.8 Å². The van der Waals surface area contributed by atoms with Crippen LogP contribution in [0.2, 0.25) is 6.04 Å². The molecule has 0 bridgehead atoms. The highest BCUT2D eigenvalue weighted by Crippen LogP contribution is 2.18. The summed E-state index contributed by atoms with van der Waals surface area (Å²) in [5, 5.41) is 0. The van der Waals surface area contributed by atoms with Crippen LogP contribution in [0.5, 0.6) is 0 Å². The Kier molecular flexibility index (Phi) is 18.6. The molecule has 20 heavy (non-hydrogen) atoms. The summed E-state index contributed by atoms with van der Waals surface area (Å²) in [6.45, 7) is 16.9. The maximum Gasteiger partial charge on any atom is 0.501 e. The van der Waals surface area contributed by atoms with Crippen molar-refractivity contribution in [3.05, 3.63) is 12.7 Å². The summed E-state index contributed by atoms with van der Waals surface area (Å²) < 4.78 is 22.5. The molecule has 0 aromatic carbocycles. The Morgan fingerprint density at radius 2 is 1.30 bits per heavy atom. The summed E-state index contributed by atoms with van der Waals surface area (Å²) >= 11 is 0. The minimum absolute atomic E-state index is 0.640. The third-order valence-corrected chi connectivity index (χ3v) is 5.51. The Balaban J connectivity index is 0. The fourth-order valence-corrected chi connectivity index (χ4v) is 4.12. The van der Waals surface area contributed by atoms with Crippen molar-refractivity contribution in [2.24, 2.45) is 0 Å². The molecule has 0 unspecified atom stereocenters. The molecule has 0 spiro atoms. The molecule has 0 aromatic rings. The molecule has 0 aliphatic carbocycles. The fraction of sp³-hybridized carbons (Fsp3) is 0.867. The lowest BCUT2D eigenvalue weighted by Gasteiger charge is -2.28. The van der Waals surface area contributed by atoms with Gasteiger partial charge in [0.1, 0.15) is 0 Å². The van der Waals surface area contributed by atoms with E-state index >= 15 is 0 Å². The molecule has 0 aliphatic rings. The largest absolute Gasteiger partial charge is 0.501 e. The van der Waals surface area contributed by atoms with Gasteiger partial charge in [0.05, 0.1) is 0 Å². The predicted molar refractivity (Wildman–Crippen MR) is 87.0 cm³/mol. The molecule has 0 saturated heterocycles. The van der Waals surface area contributed by atoms with E-state index in [-0.39, 0.29) is 0 Å². The summed E-state index contributed by atoms with van der Waals surface area (Å²) in [4.78, 5) is 0. The Morgan fingerprint density at radius 1 is 0.850 bits per heavy atom. The quantitative estimate of drug-likeness (QED) is 0.310. The van der Waals surface area contributed by atoms with Gasteiger partial charge in [-0.05, 0) is 40.5 Å². The van der Waals surface area contributed by atoms with Crippen LogP contribution in [0.25, 0.3) is 0 Å². The van der Waals surface area contributed by atoms with Gasteiger partial charge in [-0.2, -0.15) is 0 Å². The first kappa shape index (κ1) is 22.1. The van der Waals surface area contributed by atoms with Gasteiger partial charge >= 0.3 is 8.80 Å². The number of hydrogen-bond acceptors (Lipinski definition) is 4. The molecule has 122 valence electrons. The molecule has 0 amide bonds. The number of allylic oxidation sites excluding steroid dienone is 1. The first-order valence-corrected chi connectivity index (χ1v) is 9.69. The summed E-state index contributed by atoms with van der Waals surface area (Å²) in [7, 11) is -2.43. The van der Waals surface area contributed by atoms with E-state index in [2.05, 4.69) is 13.5 Å². The molecule has 5 heteroatoms. The first-order valence-electron chi connectivity index (χ1n) is 7.76. The maximum absolute atomic E-state index is 5.73. The van der Waals surface area contributed by atoms with Gasteiger partial charge in [0, 0.05) is 39.1 Å². The van der Waals surface area contributed by atoms with E-state index in [1.165, 1.54) is 0 Å². The molecule has 0 aromatic heterocycles. The van der Waals surface area contributed by atoms with Gasteiger partial charge in [-0.15, -0.1) is 6.58 Å². The lowest BCUT2D eigenvalue weighted by molar-refractivity contribution is 0.0666. The lowest BCUT2D eigenvalue weighted by atomic mass is 10.5. The van der Waals surface area contributed by atoms with Gasteiger partial charge < -0.3 is 18.0 Å². The standard InChI is InChI=1S/C11H26O4Si.C4H8/c1-5-12-10-9-11-16(13-6-2,14-7-3)15-8-4;1-3-4-2/h5-11H2,1-4H3;3H,1,4H2,2H3. The second-order valence-electron chi connectivity index (χ2n) is 3.98. The fourth-order valence-electron chi connectivity index (χ4n) is 1.54. The van der Waals surface area contributed by atoms with Crippen LogP contribution in [0, 0.1) is 0 Å². The van der Waals surface area contributed by atoms with Crippen molar-refractivity contribution in [2.75, 3.05) is 33.0 Å². The molecule has 0 radical (unpaired) electrons. The van der Waals surface area contributed by atoms with Crippen molar-refractivity contribution < 1.29 is 18.0 Å². The monoisotopic (exact) mass is 306 g/mol. The molecule has 0 saturated carbocycles. The summed E-state index contributed by atoms with van der Waals surface area (Å²) in [5.41, 5.74) is 0. The van der Waals surface area contributed by atoms with Gasteiger partial charge in [0.25, 0.3) is 0 Å². The topological polar surface area (TPSA) is 36.9 Å². The van der Waals surface area contributed by atoms with E-state index in [1.54, 1.807) is 0 Å². The minimum Gasteiger partial charge on any atom is -0.382 e. The Morgan fingerprint density at radius 3 is 1.60 bits per heavy atom. The smallest absolute Gasteiger partial charge is 0.382 e. The highest BCUT2D eigenvalue weighted by molar-refractivity contribution is 6.60. The molecule has 4 nitrogen and oxygen atoms in total. The highest BCUT2D eigenvalue weighted by Gasteiger charge is 2.39. The zero-order valence-corrected chi connectivity index (χ0v) is 15.1. The van der Waals surface area contributed by atoms with Crippen LogP contribution in [0.15, 0.2) is 12.7 Å². The second kappa shape index (κ2) is 16.9. The normalized spacial score (nSPS) is 10.8. The van der Waals surface area contributed by atoms with Crippen molar-refractivity contribution in [1.82, 2.24) is 0 Å². The van der Waals surface area contributed by atoms with Crippen LogP contribution in [0.3, 0.4) is 0 Å². The molecule has 0 atom stereocenters. The third-order valence-electron chi connectivity index (χ3n) is 2.36. The van der Waals surface area contributed by atoms with E-state index < -0.39 is 8.80 Å². The van der Waals surface area contributed by atoms with Gasteiger partial charge in [0.2, 0.25) is 0 Å². The van der Waals surface area contributed by atoms with E-state index in [0.29, 0.717) is 19.8 Å². The molecule has 0 aliphatic heterocycles. The van der Waals surface area contributed by atoms with Crippen molar-refractivity contribution >= 4 is 8.80 Å². The van der Waals surface area contributed by atoms with Gasteiger partial charge in [-0.25, -0.2) is 0 Å². The van der Waals surface area contributed by atoms with Crippen LogP contribution < -0.4 is 0 Å². The van der Waals surface area contributed by atoms with Crippen LogP contribution in [0.4, 0.5) is 0 Å².